The average molecular weight is 516 g/mol. The van der Waals surface area contributed by atoms with Gasteiger partial charge in [0.2, 0.25) is 0 Å². The van der Waals surface area contributed by atoms with Gasteiger partial charge in [-0.05, 0) is 56.6 Å². The molecule has 4 atom stereocenters. The Hall–Kier alpha value is -0.380. The number of hydrogen-bond acceptors (Lipinski definition) is 4. The number of rotatable bonds is 5. The number of guanidine groups is 1. The predicted molar refractivity (Wildman–Crippen MR) is 126 cm³/mol. The number of hydrogen-bond donors (Lipinski definition) is 2. The molecule has 2 aliphatic carbocycles. The molecule has 2 saturated heterocycles. The summed E-state index contributed by atoms with van der Waals surface area (Å²) in [6.45, 7) is 4.29. The summed E-state index contributed by atoms with van der Waals surface area (Å²) in [7, 11) is 1.90. The minimum atomic E-state index is 0. The maximum Gasteiger partial charge on any atom is 0.191 e. The smallest absolute Gasteiger partial charge is 0.191 e. The summed E-state index contributed by atoms with van der Waals surface area (Å²) >= 11 is 1.87. The lowest BCUT2D eigenvalue weighted by atomic mass is 9.46. The lowest BCUT2D eigenvalue weighted by Crippen LogP contribution is -2.72. The SMILES string of the molecule is CN=C(NCC(c1cccs1)N1CCCC1)NC1C2CCOC2C12CCC2.I. The van der Waals surface area contributed by atoms with Crippen molar-refractivity contribution in [2.24, 2.45) is 16.3 Å². The molecule has 2 aliphatic heterocycles. The molecule has 7 heteroatoms. The van der Waals surface area contributed by atoms with E-state index in [2.05, 4.69) is 38.0 Å². The van der Waals surface area contributed by atoms with E-state index < -0.39 is 0 Å². The van der Waals surface area contributed by atoms with Gasteiger partial charge in [0.25, 0.3) is 0 Å². The van der Waals surface area contributed by atoms with Gasteiger partial charge in [-0.3, -0.25) is 9.89 Å². The minimum absolute atomic E-state index is 0. The quantitative estimate of drug-likeness (QED) is 0.357. The zero-order valence-corrected chi connectivity index (χ0v) is 19.9. The standard InChI is InChI=1S/C21H32N4OS.HI/c1-22-20(24-18-15-7-12-26-19(15)21(18)8-5-9-21)23-14-16(17-6-4-13-27-17)25-10-2-3-11-25;/h4,6,13,15-16,18-19H,2-3,5,7-12,14H2,1H3,(H2,22,23,24);1H. The summed E-state index contributed by atoms with van der Waals surface area (Å²) in [5.74, 6) is 1.65. The van der Waals surface area contributed by atoms with Crippen molar-refractivity contribution in [1.29, 1.82) is 0 Å². The highest BCUT2D eigenvalue weighted by Crippen LogP contribution is 2.62. The Kier molecular flexibility index (Phi) is 6.54. The van der Waals surface area contributed by atoms with Crippen molar-refractivity contribution in [1.82, 2.24) is 15.5 Å². The van der Waals surface area contributed by atoms with Gasteiger partial charge in [-0.1, -0.05) is 12.5 Å². The van der Waals surface area contributed by atoms with E-state index in [1.807, 2.05) is 18.4 Å². The van der Waals surface area contributed by atoms with Crippen molar-refractivity contribution in [3.63, 3.8) is 0 Å². The molecule has 28 heavy (non-hydrogen) atoms. The average Bonchev–Trinajstić information content (AvgIpc) is 3.38. The molecule has 1 spiro atoms. The summed E-state index contributed by atoms with van der Waals surface area (Å²) in [4.78, 5) is 8.66. The second-order valence-corrected chi connectivity index (χ2v) is 9.66. The van der Waals surface area contributed by atoms with Gasteiger partial charge in [0, 0.05) is 42.5 Å². The molecule has 2 N–H and O–H groups in total. The Morgan fingerprint density at radius 2 is 2.18 bits per heavy atom. The lowest BCUT2D eigenvalue weighted by Gasteiger charge is -2.63. The molecule has 3 heterocycles. The summed E-state index contributed by atoms with van der Waals surface area (Å²) in [6.07, 6.45) is 8.33. The molecule has 0 aromatic carbocycles. The van der Waals surface area contributed by atoms with E-state index in [0.29, 0.717) is 29.5 Å². The number of halogens is 1. The maximum absolute atomic E-state index is 6.06. The van der Waals surface area contributed by atoms with E-state index in [0.717, 1.165) is 19.1 Å². The van der Waals surface area contributed by atoms with Crippen molar-refractivity contribution in [2.45, 2.75) is 56.7 Å². The Balaban J connectivity index is 0.00000192. The summed E-state index contributed by atoms with van der Waals surface area (Å²) in [6, 6.07) is 5.44. The fourth-order valence-electron chi connectivity index (χ4n) is 5.93. The van der Waals surface area contributed by atoms with E-state index in [1.54, 1.807) is 0 Å². The van der Waals surface area contributed by atoms with Crippen molar-refractivity contribution < 1.29 is 4.74 Å². The molecule has 0 radical (unpaired) electrons. The zero-order valence-electron chi connectivity index (χ0n) is 16.7. The predicted octanol–water partition coefficient (Wildman–Crippen LogP) is 3.63. The molecule has 1 aromatic rings. The van der Waals surface area contributed by atoms with E-state index in [-0.39, 0.29) is 24.0 Å². The summed E-state index contributed by atoms with van der Waals surface area (Å²) < 4.78 is 6.06. The number of thiophene rings is 1. The lowest BCUT2D eigenvalue weighted by molar-refractivity contribution is -0.171. The molecule has 2 saturated carbocycles. The van der Waals surface area contributed by atoms with Crippen molar-refractivity contribution in [3.05, 3.63) is 22.4 Å². The Bertz CT molecular complexity index is 672. The van der Waals surface area contributed by atoms with E-state index in [4.69, 9.17) is 4.74 Å². The first kappa shape index (κ1) is 20.9. The third-order valence-corrected chi connectivity index (χ3v) is 8.44. The Morgan fingerprint density at radius 3 is 2.82 bits per heavy atom. The van der Waals surface area contributed by atoms with Crippen molar-refractivity contribution in [2.75, 3.05) is 33.3 Å². The molecule has 4 aliphatic rings. The molecule has 1 aromatic heterocycles. The van der Waals surface area contributed by atoms with Crippen LogP contribution in [0.3, 0.4) is 0 Å². The highest BCUT2D eigenvalue weighted by molar-refractivity contribution is 14.0. The van der Waals surface area contributed by atoms with Gasteiger partial charge >= 0.3 is 0 Å². The number of aliphatic imine (C=N–C) groups is 1. The van der Waals surface area contributed by atoms with Gasteiger partial charge in [0.15, 0.2) is 5.96 Å². The summed E-state index contributed by atoms with van der Waals surface area (Å²) in [5.41, 5.74) is 0.390. The van der Waals surface area contributed by atoms with Crippen LogP contribution in [0.1, 0.15) is 49.4 Å². The molecule has 0 amide bonds. The van der Waals surface area contributed by atoms with E-state index >= 15 is 0 Å². The maximum atomic E-state index is 6.06. The first-order chi connectivity index (χ1) is 13.3. The van der Waals surface area contributed by atoms with Gasteiger partial charge in [0.05, 0.1) is 12.1 Å². The van der Waals surface area contributed by atoms with Gasteiger partial charge in [-0.2, -0.15) is 0 Å². The van der Waals surface area contributed by atoms with Crippen LogP contribution in [-0.2, 0) is 4.74 Å². The molecule has 4 fully saturated rings. The largest absolute Gasteiger partial charge is 0.377 e. The second kappa shape index (κ2) is 8.78. The number of nitrogens with one attached hydrogen (secondary N) is 2. The van der Waals surface area contributed by atoms with E-state index in [9.17, 15) is 0 Å². The third kappa shape index (κ3) is 3.50. The zero-order chi connectivity index (χ0) is 18.3. The highest BCUT2D eigenvalue weighted by atomic mass is 127. The van der Waals surface area contributed by atoms with Crippen molar-refractivity contribution in [3.8, 4) is 0 Å². The third-order valence-electron chi connectivity index (χ3n) is 7.47. The Labute approximate surface area is 189 Å². The second-order valence-electron chi connectivity index (χ2n) is 8.68. The van der Waals surface area contributed by atoms with Crippen LogP contribution in [0.15, 0.2) is 22.5 Å². The Morgan fingerprint density at radius 1 is 1.36 bits per heavy atom. The number of ether oxygens (including phenoxy) is 1. The summed E-state index contributed by atoms with van der Waals surface area (Å²) in [5, 5.41) is 9.66. The van der Waals surface area contributed by atoms with Crippen LogP contribution < -0.4 is 10.6 Å². The van der Waals surface area contributed by atoms with Crippen LogP contribution >= 0.6 is 35.3 Å². The molecule has 156 valence electrons. The van der Waals surface area contributed by atoms with Gasteiger partial charge in [0.1, 0.15) is 0 Å². The van der Waals surface area contributed by atoms with Crippen LogP contribution in [-0.4, -0.2) is 56.3 Å². The number of nitrogens with zero attached hydrogens (tertiary/aromatic N) is 2. The van der Waals surface area contributed by atoms with Crippen LogP contribution in [0.2, 0.25) is 0 Å². The first-order valence-electron chi connectivity index (χ1n) is 10.7. The molecule has 0 bridgehead atoms. The minimum Gasteiger partial charge on any atom is -0.377 e. The fraction of sp³-hybridized carbons (Fsp3) is 0.762. The molecular weight excluding hydrogens is 483 g/mol. The number of fused-ring (bicyclic) bond motifs is 2. The topological polar surface area (TPSA) is 48.9 Å². The number of likely N-dealkylation sites (tertiary alicyclic amines) is 1. The molecule has 4 unspecified atom stereocenters. The van der Waals surface area contributed by atoms with Crippen molar-refractivity contribution >= 4 is 41.3 Å². The normalized spacial score (nSPS) is 32.2. The highest BCUT2D eigenvalue weighted by Gasteiger charge is 2.66. The van der Waals surface area contributed by atoms with Crippen LogP contribution in [0.5, 0.6) is 0 Å². The molecule has 5 rings (SSSR count). The monoisotopic (exact) mass is 516 g/mol. The fourth-order valence-corrected chi connectivity index (χ4v) is 6.80. The van der Waals surface area contributed by atoms with Gasteiger partial charge in [-0.15, -0.1) is 35.3 Å². The van der Waals surface area contributed by atoms with Crippen LogP contribution in [0.25, 0.3) is 0 Å². The van der Waals surface area contributed by atoms with Gasteiger partial charge in [-0.25, -0.2) is 0 Å². The van der Waals surface area contributed by atoms with E-state index in [1.165, 1.54) is 56.5 Å². The van der Waals surface area contributed by atoms with Crippen LogP contribution in [0, 0.1) is 11.3 Å². The van der Waals surface area contributed by atoms with Gasteiger partial charge < -0.3 is 15.4 Å². The first-order valence-corrected chi connectivity index (χ1v) is 11.6. The molecular formula is C21H33IN4OS. The molecule has 5 nitrogen and oxygen atoms in total. The van der Waals surface area contributed by atoms with Crippen LogP contribution in [0.4, 0.5) is 0 Å².